The average molecular weight is 532 g/mol. The van der Waals surface area contributed by atoms with Gasteiger partial charge in [0.15, 0.2) is 17.4 Å². The summed E-state index contributed by atoms with van der Waals surface area (Å²) >= 11 is 0. The fourth-order valence-corrected chi connectivity index (χ4v) is 3.95. The molecule has 0 atom stereocenters. The lowest BCUT2D eigenvalue weighted by Crippen LogP contribution is -2.22. The number of nitrogens with one attached hydrogen (secondary N) is 1. The van der Waals surface area contributed by atoms with Crippen molar-refractivity contribution in [2.75, 3.05) is 0 Å². The number of amides is 1. The van der Waals surface area contributed by atoms with Crippen molar-refractivity contribution in [3.05, 3.63) is 137 Å². The van der Waals surface area contributed by atoms with E-state index in [0.717, 1.165) is 22.5 Å². The first kappa shape index (κ1) is 25.7. The minimum Gasteiger partial charge on any atom is -0.483 e. The minimum atomic E-state index is -1.62. The molecule has 0 saturated carbocycles. The van der Waals surface area contributed by atoms with Crippen molar-refractivity contribution in [1.29, 1.82) is 0 Å². The molecule has 1 amide bonds. The molecule has 9 heteroatoms. The van der Waals surface area contributed by atoms with Crippen LogP contribution >= 0.6 is 0 Å². The summed E-state index contributed by atoms with van der Waals surface area (Å²) in [6.45, 7) is -0.151. The maximum Gasteiger partial charge on any atom is 0.251 e. The third-order valence-electron chi connectivity index (χ3n) is 5.97. The van der Waals surface area contributed by atoms with Gasteiger partial charge >= 0.3 is 0 Å². The van der Waals surface area contributed by atoms with Gasteiger partial charge in [0, 0.05) is 35.5 Å². The van der Waals surface area contributed by atoms with Gasteiger partial charge in [-0.15, -0.1) is 0 Å². The molecule has 0 bridgehead atoms. The van der Waals surface area contributed by atoms with Gasteiger partial charge in [0.25, 0.3) is 5.91 Å². The van der Waals surface area contributed by atoms with Crippen LogP contribution in [0.2, 0.25) is 0 Å². The van der Waals surface area contributed by atoms with Gasteiger partial charge in [0.1, 0.15) is 6.61 Å². The zero-order valence-electron chi connectivity index (χ0n) is 20.4. The zero-order chi connectivity index (χ0) is 27.4. The highest BCUT2D eigenvalue weighted by Gasteiger charge is 2.21. The van der Waals surface area contributed by atoms with Gasteiger partial charge in [0.2, 0.25) is 11.6 Å². The number of carbonyl (C=O) groups is 1. The number of ether oxygens (including phenoxy) is 1. The van der Waals surface area contributed by atoms with E-state index in [9.17, 15) is 22.4 Å². The second-order valence-corrected chi connectivity index (χ2v) is 8.61. The van der Waals surface area contributed by atoms with Crippen LogP contribution < -0.4 is 10.1 Å². The average Bonchev–Trinajstić information content (AvgIpc) is 3.40. The summed E-state index contributed by atoms with van der Waals surface area (Å²) in [6, 6.07) is 25.4. The molecular formula is C30H21F4N3O2. The van der Waals surface area contributed by atoms with E-state index < -0.39 is 29.0 Å². The zero-order valence-corrected chi connectivity index (χ0v) is 20.4. The molecule has 0 saturated heterocycles. The molecule has 0 unspecified atom stereocenters. The van der Waals surface area contributed by atoms with Gasteiger partial charge in [-0.25, -0.2) is 13.5 Å². The maximum atomic E-state index is 13.8. The van der Waals surface area contributed by atoms with Gasteiger partial charge in [-0.1, -0.05) is 60.7 Å². The molecule has 4 aromatic carbocycles. The van der Waals surface area contributed by atoms with Gasteiger partial charge < -0.3 is 10.1 Å². The van der Waals surface area contributed by atoms with E-state index in [1.807, 2.05) is 66.9 Å². The summed E-state index contributed by atoms with van der Waals surface area (Å²) < 4.78 is 61.1. The second kappa shape index (κ2) is 11.2. The Balaban J connectivity index is 1.28. The van der Waals surface area contributed by atoms with Crippen molar-refractivity contribution in [2.24, 2.45) is 0 Å². The topological polar surface area (TPSA) is 56.2 Å². The number of hydrogen-bond acceptors (Lipinski definition) is 3. The molecule has 0 aliphatic carbocycles. The summed E-state index contributed by atoms with van der Waals surface area (Å²) in [5.41, 5.74) is 4.11. The first-order valence-electron chi connectivity index (χ1n) is 11.9. The molecule has 5 rings (SSSR count). The predicted octanol–water partition coefficient (Wildman–Crippen LogP) is 6.60. The highest BCUT2D eigenvalue weighted by Crippen LogP contribution is 2.27. The molecule has 0 aliphatic rings. The predicted molar refractivity (Wildman–Crippen MR) is 137 cm³/mol. The first-order valence-corrected chi connectivity index (χ1v) is 11.9. The van der Waals surface area contributed by atoms with E-state index in [1.54, 1.807) is 4.68 Å². The fraction of sp³-hybridized carbons (Fsp3) is 0.0667. The van der Waals surface area contributed by atoms with Crippen LogP contribution in [0.4, 0.5) is 17.6 Å². The molecular weight excluding hydrogens is 510 g/mol. The van der Waals surface area contributed by atoms with Crippen LogP contribution in [0, 0.1) is 23.3 Å². The molecule has 0 radical (unpaired) electrons. The standard InChI is InChI=1S/C30H21F4N3O2/c31-24-15-25(32)27(34)29(26(24)33)39-18-19-11-13-21(14-12-19)30(38)35-16-22-17-37(23-9-5-2-6-10-23)36-28(22)20-7-3-1-4-8-20/h1-15,17H,16,18H2,(H,35,38). The molecule has 0 fully saturated rings. The van der Waals surface area contributed by atoms with Crippen molar-refractivity contribution < 1.29 is 27.1 Å². The van der Waals surface area contributed by atoms with Crippen LogP contribution in [0.15, 0.2) is 97.2 Å². The molecule has 1 aromatic heterocycles. The van der Waals surface area contributed by atoms with E-state index in [-0.39, 0.29) is 25.1 Å². The minimum absolute atomic E-state index is 0.112. The largest absolute Gasteiger partial charge is 0.483 e. The fourth-order valence-electron chi connectivity index (χ4n) is 3.95. The lowest BCUT2D eigenvalue weighted by atomic mass is 10.1. The summed E-state index contributed by atoms with van der Waals surface area (Å²) in [6.07, 6.45) is 1.87. The third-order valence-corrected chi connectivity index (χ3v) is 5.97. The van der Waals surface area contributed by atoms with Crippen molar-refractivity contribution >= 4 is 5.91 Å². The third kappa shape index (κ3) is 5.67. The molecule has 5 aromatic rings. The number of nitrogens with zero attached hydrogens (tertiary/aromatic N) is 2. The van der Waals surface area contributed by atoms with Crippen LogP contribution in [-0.2, 0) is 13.2 Å². The molecule has 196 valence electrons. The van der Waals surface area contributed by atoms with Crippen molar-refractivity contribution in [2.45, 2.75) is 13.2 Å². The number of rotatable bonds is 8. The van der Waals surface area contributed by atoms with Crippen LogP contribution in [0.5, 0.6) is 5.75 Å². The van der Waals surface area contributed by atoms with E-state index in [2.05, 4.69) is 5.32 Å². The molecule has 1 N–H and O–H groups in total. The van der Waals surface area contributed by atoms with Crippen molar-refractivity contribution in [3.63, 3.8) is 0 Å². The Morgan fingerprint density at radius 3 is 2.08 bits per heavy atom. The Bertz CT molecular complexity index is 1580. The summed E-state index contributed by atoms with van der Waals surface area (Å²) in [4.78, 5) is 12.8. The quantitative estimate of drug-likeness (QED) is 0.181. The van der Waals surface area contributed by atoms with Gasteiger partial charge in [-0.05, 0) is 29.8 Å². The number of aromatic nitrogens is 2. The Morgan fingerprint density at radius 2 is 1.44 bits per heavy atom. The van der Waals surface area contributed by atoms with E-state index in [4.69, 9.17) is 9.84 Å². The monoisotopic (exact) mass is 531 g/mol. The molecule has 5 nitrogen and oxygen atoms in total. The van der Waals surface area contributed by atoms with E-state index >= 15 is 0 Å². The number of para-hydroxylation sites is 1. The van der Waals surface area contributed by atoms with Gasteiger partial charge in [-0.3, -0.25) is 4.79 Å². The summed E-state index contributed by atoms with van der Waals surface area (Å²) in [5, 5.41) is 7.62. The van der Waals surface area contributed by atoms with E-state index in [1.165, 1.54) is 24.3 Å². The number of carbonyl (C=O) groups excluding carboxylic acids is 1. The van der Waals surface area contributed by atoms with Crippen molar-refractivity contribution in [1.82, 2.24) is 15.1 Å². The molecule has 0 aliphatic heterocycles. The Hall–Kier alpha value is -4.92. The van der Waals surface area contributed by atoms with Gasteiger partial charge in [-0.2, -0.15) is 13.9 Å². The van der Waals surface area contributed by atoms with Crippen molar-refractivity contribution in [3.8, 4) is 22.7 Å². The second-order valence-electron chi connectivity index (χ2n) is 8.61. The highest BCUT2D eigenvalue weighted by molar-refractivity contribution is 5.94. The van der Waals surface area contributed by atoms with E-state index in [0.29, 0.717) is 11.1 Å². The Morgan fingerprint density at radius 1 is 0.821 bits per heavy atom. The van der Waals surface area contributed by atoms with Gasteiger partial charge in [0.05, 0.1) is 11.4 Å². The van der Waals surface area contributed by atoms with Crippen LogP contribution in [-0.4, -0.2) is 15.7 Å². The normalized spacial score (nSPS) is 10.9. The smallest absolute Gasteiger partial charge is 0.251 e. The lowest BCUT2D eigenvalue weighted by Gasteiger charge is -2.10. The number of benzene rings is 4. The number of halogens is 4. The Kier molecular flexibility index (Phi) is 7.40. The van der Waals surface area contributed by atoms with Crippen LogP contribution in [0.3, 0.4) is 0 Å². The first-order chi connectivity index (χ1) is 18.9. The highest BCUT2D eigenvalue weighted by atomic mass is 19.2. The molecule has 39 heavy (non-hydrogen) atoms. The number of hydrogen-bond donors (Lipinski definition) is 1. The Labute approximate surface area is 221 Å². The summed E-state index contributed by atoms with van der Waals surface area (Å²) in [5.74, 6) is -7.83. The SMILES string of the molecule is O=C(NCc1cn(-c2ccccc2)nc1-c1ccccc1)c1ccc(COc2c(F)c(F)cc(F)c2F)cc1. The van der Waals surface area contributed by atoms with Crippen LogP contribution in [0.1, 0.15) is 21.5 Å². The molecule has 0 spiro atoms. The maximum absolute atomic E-state index is 13.8. The summed E-state index contributed by atoms with van der Waals surface area (Å²) in [7, 11) is 0. The lowest BCUT2D eigenvalue weighted by molar-refractivity contribution is 0.0951. The van der Waals surface area contributed by atoms with Crippen LogP contribution in [0.25, 0.3) is 16.9 Å². The molecule has 1 heterocycles.